The molecule has 0 amide bonds. The Morgan fingerprint density at radius 2 is 1.85 bits per heavy atom. The Labute approximate surface area is 118 Å². The van der Waals surface area contributed by atoms with E-state index in [1.807, 2.05) is 38.1 Å². The number of aliphatic hydroxyl groups excluding tert-OH is 1. The van der Waals surface area contributed by atoms with Crippen LogP contribution in [0.2, 0.25) is 0 Å². The molecule has 0 bridgehead atoms. The van der Waals surface area contributed by atoms with E-state index in [1.165, 1.54) is 0 Å². The predicted molar refractivity (Wildman–Crippen MR) is 79.1 cm³/mol. The van der Waals surface area contributed by atoms with Gasteiger partial charge in [-0.05, 0) is 32.0 Å². The molecule has 2 rings (SSSR count). The molecule has 0 aromatic heterocycles. The quantitative estimate of drug-likeness (QED) is 0.820. The number of benzene rings is 2. The van der Waals surface area contributed by atoms with Gasteiger partial charge in [-0.25, -0.2) is 0 Å². The molecule has 4 nitrogen and oxygen atoms in total. The number of ether oxygens (including phenoxy) is 2. The molecule has 0 saturated heterocycles. The predicted octanol–water partition coefficient (Wildman–Crippen LogP) is 3.34. The van der Waals surface area contributed by atoms with Crippen molar-refractivity contribution in [1.82, 2.24) is 0 Å². The number of para-hydroxylation sites is 1. The van der Waals surface area contributed by atoms with Gasteiger partial charge in [0.05, 0.1) is 18.4 Å². The van der Waals surface area contributed by atoms with Crippen LogP contribution in [0.15, 0.2) is 42.5 Å². The van der Waals surface area contributed by atoms with Crippen LogP contribution < -0.4 is 15.2 Å². The molecule has 0 spiro atoms. The number of nitrogens with two attached hydrogens (primary N) is 1. The van der Waals surface area contributed by atoms with Crippen molar-refractivity contribution < 1.29 is 14.6 Å². The van der Waals surface area contributed by atoms with Crippen LogP contribution in [0.4, 0.5) is 5.69 Å². The van der Waals surface area contributed by atoms with Crippen LogP contribution in [0.3, 0.4) is 0 Å². The van der Waals surface area contributed by atoms with Crippen molar-refractivity contribution in [3.05, 3.63) is 48.0 Å². The molecular formula is C16H19NO3. The van der Waals surface area contributed by atoms with Gasteiger partial charge in [0, 0.05) is 11.6 Å². The SMILES string of the molecule is CC(C)Oc1cc(Oc2ccccc2CO)ccc1N. The summed E-state index contributed by atoms with van der Waals surface area (Å²) in [5, 5.41) is 9.29. The number of anilines is 1. The van der Waals surface area contributed by atoms with E-state index in [-0.39, 0.29) is 12.7 Å². The maximum absolute atomic E-state index is 9.29. The number of nitrogen functional groups attached to an aromatic ring is 1. The second kappa shape index (κ2) is 6.30. The number of aliphatic hydroxyl groups is 1. The minimum Gasteiger partial charge on any atom is -0.489 e. The maximum atomic E-state index is 9.29. The monoisotopic (exact) mass is 273 g/mol. The average molecular weight is 273 g/mol. The van der Waals surface area contributed by atoms with Gasteiger partial charge in [0.15, 0.2) is 0 Å². The highest BCUT2D eigenvalue weighted by Gasteiger charge is 2.08. The molecular weight excluding hydrogens is 254 g/mol. The van der Waals surface area contributed by atoms with Gasteiger partial charge in [-0.1, -0.05) is 18.2 Å². The van der Waals surface area contributed by atoms with Gasteiger partial charge < -0.3 is 20.3 Å². The van der Waals surface area contributed by atoms with Crippen LogP contribution >= 0.6 is 0 Å². The summed E-state index contributed by atoms with van der Waals surface area (Å²) < 4.78 is 11.4. The molecule has 4 heteroatoms. The van der Waals surface area contributed by atoms with Crippen LogP contribution in [-0.2, 0) is 6.61 Å². The van der Waals surface area contributed by atoms with Gasteiger partial charge in [-0.3, -0.25) is 0 Å². The van der Waals surface area contributed by atoms with Gasteiger partial charge in [0.1, 0.15) is 17.2 Å². The Morgan fingerprint density at radius 3 is 2.55 bits per heavy atom. The van der Waals surface area contributed by atoms with Gasteiger partial charge in [0.25, 0.3) is 0 Å². The van der Waals surface area contributed by atoms with E-state index in [0.717, 1.165) is 5.56 Å². The summed E-state index contributed by atoms with van der Waals surface area (Å²) in [7, 11) is 0. The first-order chi connectivity index (χ1) is 9.60. The molecule has 0 heterocycles. The van der Waals surface area contributed by atoms with E-state index in [0.29, 0.717) is 22.9 Å². The third-order valence-electron chi connectivity index (χ3n) is 2.72. The lowest BCUT2D eigenvalue weighted by molar-refractivity contribution is 0.243. The number of hydrogen-bond donors (Lipinski definition) is 2. The lowest BCUT2D eigenvalue weighted by Gasteiger charge is -2.14. The molecule has 0 atom stereocenters. The number of hydrogen-bond acceptors (Lipinski definition) is 4. The Bertz CT molecular complexity index is 582. The molecule has 2 aromatic carbocycles. The van der Waals surface area contributed by atoms with Gasteiger partial charge in [-0.15, -0.1) is 0 Å². The minimum absolute atomic E-state index is 0.0391. The Hall–Kier alpha value is -2.20. The summed E-state index contributed by atoms with van der Waals surface area (Å²) in [6.45, 7) is 3.81. The zero-order chi connectivity index (χ0) is 14.5. The van der Waals surface area contributed by atoms with E-state index in [2.05, 4.69) is 0 Å². The van der Waals surface area contributed by atoms with Crippen LogP contribution in [0, 0.1) is 0 Å². The molecule has 0 unspecified atom stereocenters. The summed E-state index contributed by atoms with van der Waals surface area (Å²) in [5.41, 5.74) is 7.17. The van der Waals surface area contributed by atoms with E-state index in [9.17, 15) is 5.11 Å². The van der Waals surface area contributed by atoms with Crippen LogP contribution in [0.1, 0.15) is 19.4 Å². The summed E-state index contributed by atoms with van der Waals surface area (Å²) in [5.74, 6) is 1.84. The lowest BCUT2D eigenvalue weighted by atomic mass is 10.2. The molecule has 2 aromatic rings. The topological polar surface area (TPSA) is 64.7 Å². The van der Waals surface area contributed by atoms with Gasteiger partial charge >= 0.3 is 0 Å². The first kappa shape index (κ1) is 14.2. The second-order valence-corrected chi connectivity index (χ2v) is 4.73. The molecule has 0 saturated carbocycles. The van der Waals surface area contributed by atoms with Crippen LogP contribution in [0.25, 0.3) is 0 Å². The largest absolute Gasteiger partial charge is 0.489 e. The average Bonchev–Trinajstić information content (AvgIpc) is 2.42. The van der Waals surface area contributed by atoms with Crippen molar-refractivity contribution in [3.8, 4) is 17.2 Å². The highest BCUT2D eigenvalue weighted by Crippen LogP contribution is 2.32. The fourth-order valence-corrected chi connectivity index (χ4v) is 1.80. The highest BCUT2D eigenvalue weighted by atomic mass is 16.5. The van der Waals surface area contributed by atoms with Crippen molar-refractivity contribution >= 4 is 5.69 Å². The van der Waals surface area contributed by atoms with Gasteiger partial charge in [-0.2, -0.15) is 0 Å². The van der Waals surface area contributed by atoms with Crippen molar-refractivity contribution in [3.63, 3.8) is 0 Å². The summed E-state index contributed by atoms with van der Waals surface area (Å²) in [6.07, 6.45) is 0.0391. The van der Waals surface area contributed by atoms with Gasteiger partial charge in [0.2, 0.25) is 0 Å². The molecule has 3 N–H and O–H groups in total. The van der Waals surface area contributed by atoms with Crippen LogP contribution in [-0.4, -0.2) is 11.2 Å². The smallest absolute Gasteiger partial charge is 0.146 e. The fraction of sp³-hybridized carbons (Fsp3) is 0.250. The van der Waals surface area contributed by atoms with Crippen molar-refractivity contribution in [2.45, 2.75) is 26.6 Å². The first-order valence-corrected chi connectivity index (χ1v) is 6.53. The molecule has 106 valence electrons. The van der Waals surface area contributed by atoms with E-state index in [4.69, 9.17) is 15.2 Å². The molecule has 0 aliphatic rings. The molecule has 0 aliphatic carbocycles. The molecule has 0 fully saturated rings. The number of rotatable bonds is 5. The highest BCUT2D eigenvalue weighted by molar-refractivity contribution is 5.56. The zero-order valence-corrected chi connectivity index (χ0v) is 11.7. The van der Waals surface area contributed by atoms with Crippen molar-refractivity contribution in [2.24, 2.45) is 0 Å². The third kappa shape index (κ3) is 3.42. The first-order valence-electron chi connectivity index (χ1n) is 6.53. The Morgan fingerprint density at radius 1 is 1.10 bits per heavy atom. The van der Waals surface area contributed by atoms with Crippen molar-refractivity contribution in [2.75, 3.05) is 5.73 Å². The third-order valence-corrected chi connectivity index (χ3v) is 2.72. The second-order valence-electron chi connectivity index (χ2n) is 4.73. The lowest BCUT2D eigenvalue weighted by Crippen LogP contribution is -2.07. The van der Waals surface area contributed by atoms with E-state index < -0.39 is 0 Å². The maximum Gasteiger partial charge on any atom is 0.146 e. The molecule has 20 heavy (non-hydrogen) atoms. The fourth-order valence-electron chi connectivity index (χ4n) is 1.80. The minimum atomic E-state index is -0.0690. The van der Waals surface area contributed by atoms with Crippen LogP contribution in [0.5, 0.6) is 17.2 Å². The Balaban J connectivity index is 2.25. The van der Waals surface area contributed by atoms with E-state index >= 15 is 0 Å². The standard InChI is InChI=1S/C16H19NO3/c1-11(2)19-16-9-13(7-8-14(16)17)20-15-6-4-3-5-12(15)10-18/h3-9,11,18H,10,17H2,1-2H3. The summed E-state index contributed by atoms with van der Waals surface area (Å²) in [6, 6.07) is 12.6. The van der Waals surface area contributed by atoms with E-state index in [1.54, 1.807) is 18.2 Å². The summed E-state index contributed by atoms with van der Waals surface area (Å²) in [4.78, 5) is 0. The summed E-state index contributed by atoms with van der Waals surface area (Å²) >= 11 is 0. The Kier molecular flexibility index (Phi) is 4.48. The molecule has 0 aliphatic heterocycles. The normalized spacial score (nSPS) is 10.6. The van der Waals surface area contributed by atoms with Crippen molar-refractivity contribution in [1.29, 1.82) is 0 Å². The zero-order valence-electron chi connectivity index (χ0n) is 11.7. The molecule has 0 radical (unpaired) electrons.